The van der Waals surface area contributed by atoms with Crippen molar-refractivity contribution in [2.24, 2.45) is 10.7 Å². The Labute approximate surface area is 112 Å². The molecule has 0 amide bonds. The van der Waals surface area contributed by atoms with E-state index in [2.05, 4.69) is 4.99 Å². The van der Waals surface area contributed by atoms with Crippen LogP contribution >= 0.6 is 34.8 Å². The van der Waals surface area contributed by atoms with Crippen LogP contribution in [0.3, 0.4) is 0 Å². The molecule has 0 fully saturated rings. The SMILES string of the molecule is NC1=NC(Cl)N(c2ccc(Cl)c(Cl)c2)C=C1F. The van der Waals surface area contributed by atoms with E-state index in [1.165, 1.54) is 11.1 Å². The molecule has 2 N–H and O–H groups in total. The zero-order valence-corrected chi connectivity index (χ0v) is 10.6. The molecule has 0 aliphatic carbocycles. The predicted molar refractivity (Wildman–Crippen MR) is 69.4 cm³/mol. The monoisotopic (exact) mass is 293 g/mol. The molecular formula is C10H7Cl3FN3. The fourth-order valence-electron chi connectivity index (χ4n) is 1.33. The summed E-state index contributed by atoms with van der Waals surface area (Å²) in [5, 5.41) is 0.760. The molecule has 1 aromatic rings. The summed E-state index contributed by atoms with van der Waals surface area (Å²) in [6.45, 7) is 0. The Balaban J connectivity index is 2.38. The van der Waals surface area contributed by atoms with E-state index in [4.69, 9.17) is 40.5 Å². The van der Waals surface area contributed by atoms with Gasteiger partial charge in [0.25, 0.3) is 0 Å². The van der Waals surface area contributed by atoms with Crippen molar-refractivity contribution in [3.8, 4) is 0 Å². The summed E-state index contributed by atoms with van der Waals surface area (Å²) in [6, 6.07) is 4.82. The number of alkyl halides is 1. The Morgan fingerprint density at radius 1 is 1.29 bits per heavy atom. The first-order valence-corrected chi connectivity index (χ1v) is 5.76. The molecule has 1 unspecified atom stereocenters. The molecule has 0 radical (unpaired) electrons. The van der Waals surface area contributed by atoms with Crippen molar-refractivity contribution in [3.05, 3.63) is 40.3 Å². The van der Waals surface area contributed by atoms with Gasteiger partial charge in [0, 0.05) is 11.9 Å². The highest BCUT2D eigenvalue weighted by Gasteiger charge is 2.22. The van der Waals surface area contributed by atoms with Crippen molar-refractivity contribution >= 4 is 46.3 Å². The first-order chi connectivity index (χ1) is 7.99. The van der Waals surface area contributed by atoms with Crippen molar-refractivity contribution in [2.45, 2.75) is 5.62 Å². The second-order valence-corrected chi connectivity index (χ2v) is 4.51. The average molecular weight is 295 g/mol. The van der Waals surface area contributed by atoms with Gasteiger partial charge in [-0.3, -0.25) is 0 Å². The molecule has 0 saturated heterocycles. The summed E-state index contributed by atoms with van der Waals surface area (Å²) in [5.74, 6) is -0.866. The third-order valence-electron chi connectivity index (χ3n) is 2.17. The van der Waals surface area contributed by atoms with Gasteiger partial charge in [-0.25, -0.2) is 9.38 Å². The van der Waals surface area contributed by atoms with Gasteiger partial charge in [-0.1, -0.05) is 34.8 Å². The van der Waals surface area contributed by atoms with Gasteiger partial charge in [-0.2, -0.15) is 0 Å². The van der Waals surface area contributed by atoms with Crippen molar-refractivity contribution in [1.82, 2.24) is 0 Å². The molecular weight excluding hydrogens is 287 g/mol. The Bertz CT molecular complexity index is 516. The second kappa shape index (κ2) is 4.72. The third kappa shape index (κ3) is 2.49. The van der Waals surface area contributed by atoms with Crippen molar-refractivity contribution in [1.29, 1.82) is 0 Å². The topological polar surface area (TPSA) is 41.6 Å². The van der Waals surface area contributed by atoms with Crippen LogP contribution in [-0.4, -0.2) is 11.5 Å². The van der Waals surface area contributed by atoms with Crippen LogP contribution in [0.4, 0.5) is 10.1 Å². The minimum atomic E-state index is -0.813. The summed E-state index contributed by atoms with van der Waals surface area (Å²) in [4.78, 5) is 5.14. The zero-order valence-electron chi connectivity index (χ0n) is 8.37. The van der Waals surface area contributed by atoms with E-state index < -0.39 is 11.5 Å². The Kier molecular flexibility index (Phi) is 3.47. The first kappa shape index (κ1) is 12.5. The van der Waals surface area contributed by atoms with Gasteiger partial charge in [0.15, 0.2) is 11.7 Å². The molecule has 1 heterocycles. The van der Waals surface area contributed by atoms with Gasteiger partial charge in [-0.15, -0.1) is 0 Å². The number of anilines is 1. The Hall–Kier alpha value is -0.970. The zero-order chi connectivity index (χ0) is 12.6. The molecule has 1 atom stereocenters. The number of rotatable bonds is 1. The van der Waals surface area contributed by atoms with E-state index in [0.717, 1.165) is 0 Å². The molecule has 0 bridgehead atoms. The van der Waals surface area contributed by atoms with E-state index in [0.29, 0.717) is 15.7 Å². The van der Waals surface area contributed by atoms with Crippen LogP contribution in [0.2, 0.25) is 10.0 Å². The molecule has 1 aliphatic rings. The quantitative estimate of drug-likeness (QED) is 0.636. The minimum absolute atomic E-state index is 0.221. The lowest BCUT2D eigenvalue weighted by atomic mass is 10.3. The summed E-state index contributed by atoms with van der Waals surface area (Å²) in [7, 11) is 0. The van der Waals surface area contributed by atoms with E-state index in [1.807, 2.05) is 0 Å². The number of nitrogens with zero attached hydrogens (tertiary/aromatic N) is 2. The van der Waals surface area contributed by atoms with Crippen LogP contribution in [0.1, 0.15) is 0 Å². The van der Waals surface area contributed by atoms with Crippen molar-refractivity contribution < 1.29 is 4.39 Å². The average Bonchev–Trinajstić information content (AvgIpc) is 2.27. The lowest BCUT2D eigenvalue weighted by molar-refractivity contribution is 0.656. The predicted octanol–water partition coefficient (Wildman–Crippen LogP) is 3.50. The number of hydrogen-bond acceptors (Lipinski definition) is 3. The van der Waals surface area contributed by atoms with E-state index >= 15 is 0 Å². The van der Waals surface area contributed by atoms with Crippen LogP contribution < -0.4 is 10.6 Å². The lowest BCUT2D eigenvalue weighted by Crippen LogP contribution is -2.32. The first-order valence-electron chi connectivity index (χ1n) is 4.57. The van der Waals surface area contributed by atoms with Crippen LogP contribution in [0.15, 0.2) is 35.2 Å². The molecule has 0 spiro atoms. The van der Waals surface area contributed by atoms with Gasteiger partial charge >= 0.3 is 0 Å². The van der Waals surface area contributed by atoms with Crippen LogP contribution in [-0.2, 0) is 0 Å². The molecule has 0 saturated carbocycles. The molecule has 2 rings (SSSR count). The standard InChI is InChI=1S/C10H7Cl3FN3/c11-6-2-1-5(3-7(6)12)17-4-8(14)9(15)16-10(17)13/h1-4,10H,(H2,15,16). The number of halogens is 4. The molecule has 0 aromatic heterocycles. The maximum atomic E-state index is 13.3. The van der Waals surface area contributed by atoms with Crippen LogP contribution in [0.5, 0.6) is 0 Å². The molecule has 17 heavy (non-hydrogen) atoms. The van der Waals surface area contributed by atoms with E-state index in [9.17, 15) is 4.39 Å². The number of amidine groups is 1. The fraction of sp³-hybridized carbons (Fsp3) is 0.100. The molecule has 1 aliphatic heterocycles. The maximum Gasteiger partial charge on any atom is 0.203 e. The number of aliphatic imine (C=N–C) groups is 1. The summed E-state index contributed by atoms with van der Waals surface area (Å²) < 4.78 is 13.3. The van der Waals surface area contributed by atoms with Crippen LogP contribution in [0, 0.1) is 0 Å². The third-order valence-corrected chi connectivity index (χ3v) is 3.22. The van der Waals surface area contributed by atoms with Gasteiger partial charge in [0.2, 0.25) is 5.62 Å². The van der Waals surface area contributed by atoms with E-state index in [1.54, 1.807) is 18.2 Å². The molecule has 90 valence electrons. The highest BCUT2D eigenvalue weighted by atomic mass is 35.5. The summed E-state index contributed by atoms with van der Waals surface area (Å²) in [6.07, 6.45) is 1.17. The van der Waals surface area contributed by atoms with Gasteiger partial charge in [0.1, 0.15) is 0 Å². The van der Waals surface area contributed by atoms with Crippen molar-refractivity contribution in [3.63, 3.8) is 0 Å². The normalized spacial score (nSPS) is 20.0. The number of nitrogens with two attached hydrogens (primary N) is 1. The van der Waals surface area contributed by atoms with Crippen molar-refractivity contribution in [2.75, 3.05) is 4.90 Å². The fourth-order valence-corrected chi connectivity index (χ4v) is 1.90. The lowest BCUT2D eigenvalue weighted by Gasteiger charge is -2.26. The highest BCUT2D eigenvalue weighted by Crippen LogP contribution is 2.31. The van der Waals surface area contributed by atoms with Gasteiger partial charge in [-0.05, 0) is 18.2 Å². The maximum absolute atomic E-state index is 13.3. The summed E-state index contributed by atoms with van der Waals surface area (Å²) >= 11 is 17.6. The smallest absolute Gasteiger partial charge is 0.203 e. The molecule has 3 nitrogen and oxygen atoms in total. The van der Waals surface area contributed by atoms with Crippen LogP contribution in [0.25, 0.3) is 0 Å². The van der Waals surface area contributed by atoms with E-state index in [-0.39, 0.29) is 5.84 Å². The number of benzene rings is 1. The largest absolute Gasteiger partial charge is 0.381 e. The summed E-state index contributed by atoms with van der Waals surface area (Å²) in [5.41, 5.74) is 5.07. The Morgan fingerprint density at radius 3 is 2.65 bits per heavy atom. The molecule has 1 aromatic carbocycles. The second-order valence-electron chi connectivity index (χ2n) is 3.31. The molecule has 7 heteroatoms. The minimum Gasteiger partial charge on any atom is -0.381 e. The van der Waals surface area contributed by atoms with Gasteiger partial charge < -0.3 is 10.6 Å². The highest BCUT2D eigenvalue weighted by molar-refractivity contribution is 6.42. The Morgan fingerprint density at radius 2 is 2.00 bits per heavy atom. The van der Waals surface area contributed by atoms with Gasteiger partial charge in [0.05, 0.1) is 10.0 Å². The number of hydrogen-bond donors (Lipinski definition) is 1.